The Morgan fingerprint density at radius 3 is 2.79 bits per heavy atom. The number of aromatic nitrogens is 5. The van der Waals surface area contributed by atoms with E-state index in [0.717, 1.165) is 39.2 Å². The van der Waals surface area contributed by atoms with Crippen LogP contribution in [0.3, 0.4) is 0 Å². The van der Waals surface area contributed by atoms with Crippen molar-refractivity contribution >= 4 is 28.2 Å². The third kappa shape index (κ3) is 2.60. The van der Waals surface area contributed by atoms with E-state index in [1.54, 1.807) is 12.1 Å². The van der Waals surface area contributed by atoms with E-state index in [-0.39, 0.29) is 11.9 Å². The van der Waals surface area contributed by atoms with Crippen molar-refractivity contribution in [2.75, 3.05) is 19.5 Å². The van der Waals surface area contributed by atoms with Gasteiger partial charge in [0, 0.05) is 23.9 Å². The predicted octanol–water partition coefficient (Wildman–Crippen LogP) is 3.53. The first-order chi connectivity index (χ1) is 13.5. The summed E-state index contributed by atoms with van der Waals surface area (Å²) in [5.74, 6) is 1.39. The number of methoxy groups -OCH3 is 1. The van der Waals surface area contributed by atoms with Crippen LogP contribution in [0.5, 0.6) is 0 Å². The number of aryl methyl sites for hydroxylation is 1. The Bertz CT molecular complexity index is 1200. The van der Waals surface area contributed by atoms with E-state index in [1.165, 1.54) is 13.4 Å². The molecule has 3 heterocycles. The summed E-state index contributed by atoms with van der Waals surface area (Å²) >= 11 is 0. The number of fused-ring (bicyclic) bond motifs is 2. The van der Waals surface area contributed by atoms with E-state index in [9.17, 15) is 4.79 Å². The number of hydrogen-bond acceptors (Lipinski definition) is 6. The fourth-order valence-electron chi connectivity index (χ4n) is 3.51. The molecule has 4 aromatic rings. The van der Waals surface area contributed by atoms with E-state index in [0.29, 0.717) is 11.4 Å². The Balaban J connectivity index is 2.01. The highest BCUT2D eigenvalue weighted by Gasteiger charge is 2.23. The molecule has 0 aliphatic rings. The van der Waals surface area contributed by atoms with Crippen molar-refractivity contribution in [3.05, 3.63) is 41.5 Å². The van der Waals surface area contributed by atoms with Gasteiger partial charge in [0.25, 0.3) is 0 Å². The van der Waals surface area contributed by atoms with E-state index in [2.05, 4.69) is 34.2 Å². The van der Waals surface area contributed by atoms with Crippen LogP contribution in [0.2, 0.25) is 0 Å². The molecule has 4 rings (SSSR count). The molecule has 0 spiro atoms. The van der Waals surface area contributed by atoms with Crippen molar-refractivity contribution in [2.45, 2.75) is 26.7 Å². The van der Waals surface area contributed by atoms with Crippen molar-refractivity contribution in [1.82, 2.24) is 24.6 Å². The van der Waals surface area contributed by atoms with Crippen molar-refractivity contribution in [2.24, 2.45) is 0 Å². The Morgan fingerprint density at radius 2 is 2.11 bits per heavy atom. The summed E-state index contributed by atoms with van der Waals surface area (Å²) < 4.78 is 6.67. The Labute approximate surface area is 162 Å². The number of carbonyl (C=O) groups is 1. The third-order valence-corrected chi connectivity index (χ3v) is 4.93. The lowest BCUT2D eigenvalue weighted by Crippen LogP contribution is -2.04. The molecule has 28 heavy (non-hydrogen) atoms. The van der Waals surface area contributed by atoms with Gasteiger partial charge in [0.1, 0.15) is 23.4 Å². The molecule has 144 valence electrons. The van der Waals surface area contributed by atoms with Crippen LogP contribution >= 0.6 is 0 Å². The molecule has 0 atom stereocenters. The Morgan fingerprint density at radius 1 is 1.32 bits per heavy atom. The second-order valence-corrected chi connectivity index (χ2v) is 6.97. The van der Waals surface area contributed by atoms with E-state index in [4.69, 9.17) is 9.72 Å². The molecule has 0 fully saturated rings. The lowest BCUT2D eigenvalue weighted by molar-refractivity contribution is 0.0601. The maximum absolute atomic E-state index is 11.9. The average Bonchev–Trinajstić information content (AvgIpc) is 3.25. The molecule has 8 heteroatoms. The quantitative estimate of drug-likeness (QED) is 0.527. The molecule has 0 saturated carbocycles. The minimum Gasteiger partial charge on any atom is -0.465 e. The largest absolute Gasteiger partial charge is 0.465 e. The van der Waals surface area contributed by atoms with Gasteiger partial charge in [-0.05, 0) is 24.6 Å². The lowest BCUT2D eigenvalue weighted by atomic mass is 10.1. The highest BCUT2D eigenvalue weighted by Crippen LogP contribution is 2.35. The highest BCUT2D eigenvalue weighted by atomic mass is 16.5. The number of H-pyrrole nitrogens is 1. The maximum Gasteiger partial charge on any atom is 0.337 e. The number of nitrogens with one attached hydrogen (secondary N) is 2. The van der Waals surface area contributed by atoms with Crippen molar-refractivity contribution in [3.63, 3.8) is 0 Å². The molecule has 0 unspecified atom stereocenters. The molecular formula is C20H22N6O2. The SMILES string of the molecule is CNc1ncnn2c(C(C)C)nc(-c3[nH]c4cc(C(=O)OC)ccc4c3C)c12. The van der Waals surface area contributed by atoms with Crippen LogP contribution in [0, 0.1) is 6.92 Å². The van der Waals surface area contributed by atoms with E-state index in [1.807, 2.05) is 24.6 Å². The first-order valence-electron chi connectivity index (χ1n) is 9.08. The van der Waals surface area contributed by atoms with Gasteiger partial charge in [0.2, 0.25) is 0 Å². The maximum atomic E-state index is 11.9. The van der Waals surface area contributed by atoms with Crippen LogP contribution in [0.15, 0.2) is 24.5 Å². The molecule has 1 aromatic carbocycles. The zero-order valence-corrected chi connectivity index (χ0v) is 16.5. The molecule has 3 aromatic heterocycles. The number of esters is 1. The lowest BCUT2D eigenvalue weighted by Gasteiger charge is -2.05. The van der Waals surface area contributed by atoms with Gasteiger partial charge in [-0.15, -0.1) is 0 Å². The minimum absolute atomic E-state index is 0.191. The Hall–Kier alpha value is -3.42. The summed E-state index contributed by atoms with van der Waals surface area (Å²) in [7, 11) is 3.21. The zero-order chi connectivity index (χ0) is 20.0. The summed E-state index contributed by atoms with van der Waals surface area (Å²) in [6, 6.07) is 5.49. The highest BCUT2D eigenvalue weighted by molar-refractivity contribution is 5.99. The molecule has 2 N–H and O–H groups in total. The molecule has 0 aliphatic heterocycles. The van der Waals surface area contributed by atoms with Gasteiger partial charge in [-0.3, -0.25) is 0 Å². The number of aromatic amines is 1. The van der Waals surface area contributed by atoms with Gasteiger partial charge in [-0.1, -0.05) is 19.9 Å². The van der Waals surface area contributed by atoms with E-state index >= 15 is 0 Å². The summed E-state index contributed by atoms with van der Waals surface area (Å²) in [6.45, 7) is 6.20. The standard InChI is InChI=1S/C20H22N6O2/c1-10(2)19-25-16(17-18(21-4)22-9-23-26(17)19)15-11(3)13-7-6-12(20(27)28-5)8-14(13)24-15/h6-10,24H,1-5H3,(H,21,22,23). The topological polar surface area (TPSA) is 97.2 Å². The number of carbonyl (C=O) groups excluding carboxylic acids is 1. The number of imidazole rings is 1. The summed E-state index contributed by atoms with van der Waals surface area (Å²) in [6.07, 6.45) is 1.52. The molecule has 0 radical (unpaired) electrons. The molecule has 0 aliphatic carbocycles. The van der Waals surface area contributed by atoms with Crippen molar-refractivity contribution in [3.8, 4) is 11.4 Å². The number of ether oxygens (including phenoxy) is 1. The zero-order valence-electron chi connectivity index (χ0n) is 16.5. The summed E-state index contributed by atoms with van der Waals surface area (Å²) in [5, 5.41) is 8.57. The van der Waals surface area contributed by atoms with Gasteiger partial charge in [-0.2, -0.15) is 5.10 Å². The fraction of sp³-hybridized carbons (Fsp3) is 0.300. The van der Waals surface area contributed by atoms with Crippen molar-refractivity contribution in [1.29, 1.82) is 0 Å². The van der Waals surface area contributed by atoms with Crippen molar-refractivity contribution < 1.29 is 9.53 Å². The van der Waals surface area contributed by atoms with E-state index < -0.39 is 0 Å². The molecular weight excluding hydrogens is 356 g/mol. The van der Waals surface area contributed by atoms with Crippen LogP contribution in [0.4, 0.5) is 5.82 Å². The fourth-order valence-corrected chi connectivity index (χ4v) is 3.51. The number of anilines is 1. The van der Waals surface area contributed by atoms with Crippen LogP contribution < -0.4 is 5.32 Å². The van der Waals surface area contributed by atoms with Crippen LogP contribution in [-0.2, 0) is 4.74 Å². The Kier molecular flexibility index (Phi) is 4.26. The van der Waals surface area contributed by atoms with Gasteiger partial charge >= 0.3 is 5.97 Å². The number of rotatable bonds is 4. The molecule has 0 saturated heterocycles. The second-order valence-electron chi connectivity index (χ2n) is 6.97. The van der Waals surface area contributed by atoms with Gasteiger partial charge in [0.05, 0.1) is 18.4 Å². The predicted molar refractivity (Wildman–Crippen MR) is 108 cm³/mol. The number of hydrogen-bond donors (Lipinski definition) is 2. The van der Waals surface area contributed by atoms with Gasteiger partial charge in [0.15, 0.2) is 5.82 Å². The monoisotopic (exact) mass is 378 g/mol. The number of benzene rings is 1. The van der Waals surface area contributed by atoms with Crippen LogP contribution in [0.1, 0.15) is 41.5 Å². The average molecular weight is 378 g/mol. The summed E-state index contributed by atoms with van der Waals surface area (Å²) in [4.78, 5) is 24.6. The first kappa shape index (κ1) is 18.0. The van der Waals surface area contributed by atoms with Crippen LogP contribution in [-0.4, -0.2) is 44.7 Å². The molecule has 0 amide bonds. The first-order valence-corrected chi connectivity index (χ1v) is 9.08. The normalized spacial score (nSPS) is 11.5. The molecule has 8 nitrogen and oxygen atoms in total. The third-order valence-electron chi connectivity index (χ3n) is 4.93. The number of nitrogens with zero attached hydrogens (tertiary/aromatic N) is 4. The van der Waals surface area contributed by atoms with Gasteiger partial charge in [-0.25, -0.2) is 19.3 Å². The second kappa shape index (κ2) is 6.63. The smallest absolute Gasteiger partial charge is 0.337 e. The molecule has 0 bridgehead atoms. The minimum atomic E-state index is -0.365. The van der Waals surface area contributed by atoms with Gasteiger partial charge < -0.3 is 15.0 Å². The van der Waals surface area contributed by atoms with Crippen LogP contribution in [0.25, 0.3) is 27.8 Å². The summed E-state index contributed by atoms with van der Waals surface area (Å²) in [5.41, 5.74) is 4.88.